The number of nitrogens with zero attached hydrogens (tertiary/aromatic N) is 2. The molecule has 11 heteroatoms. The van der Waals surface area contributed by atoms with Crippen molar-refractivity contribution in [3.63, 3.8) is 0 Å². The van der Waals surface area contributed by atoms with Crippen molar-refractivity contribution >= 4 is 11.9 Å². The summed E-state index contributed by atoms with van der Waals surface area (Å²) in [6, 6.07) is 5.42. The van der Waals surface area contributed by atoms with Crippen molar-refractivity contribution in [1.82, 2.24) is 14.8 Å². The number of nitrogens with one attached hydrogen (secondary N) is 1. The molecule has 1 aromatic heterocycles. The molecule has 2 aromatic carbocycles. The van der Waals surface area contributed by atoms with Crippen LogP contribution in [-0.2, 0) is 35.0 Å². The Kier molecular flexibility index (Phi) is 10.7. The van der Waals surface area contributed by atoms with Crippen LogP contribution in [0.15, 0.2) is 41.3 Å². The third-order valence-electron chi connectivity index (χ3n) is 9.81. The van der Waals surface area contributed by atoms with E-state index in [1.54, 1.807) is 0 Å². The van der Waals surface area contributed by atoms with Gasteiger partial charge in [0.1, 0.15) is 11.9 Å². The molecule has 2 N–H and O–H groups in total. The average molecular weight is 684 g/mol. The maximum Gasteiger partial charge on any atom is 0.416 e. The third kappa shape index (κ3) is 8.43. The molecule has 7 nitrogen and oxygen atoms in total. The number of aliphatic carboxylic acids is 1. The fraction of sp³-hybridized carbons (Fsp3) is 0.500. The van der Waals surface area contributed by atoms with Gasteiger partial charge < -0.3 is 19.9 Å². The molecule has 2 aliphatic rings. The van der Waals surface area contributed by atoms with Crippen molar-refractivity contribution in [2.24, 2.45) is 5.92 Å². The van der Waals surface area contributed by atoms with E-state index in [1.165, 1.54) is 12.1 Å². The molecule has 5 rings (SSSR count). The number of amides is 1. The van der Waals surface area contributed by atoms with Crippen LogP contribution < -0.4 is 10.9 Å². The number of halogens is 4. The van der Waals surface area contributed by atoms with Crippen LogP contribution in [0.25, 0.3) is 11.1 Å². The molecule has 0 radical (unpaired) electrons. The lowest BCUT2D eigenvalue weighted by atomic mass is 9.87. The number of benzene rings is 2. The molecule has 0 aliphatic heterocycles. The van der Waals surface area contributed by atoms with E-state index in [-0.39, 0.29) is 30.1 Å². The predicted molar refractivity (Wildman–Crippen MR) is 180 cm³/mol. The zero-order chi connectivity index (χ0) is 35.8. The molecular weight excluding hydrogens is 638 g/mol. The van der Waals surface area contributed by atoms with Gasteiger partial charge in [-0.25, -0.2) is 4.39 Å². The van der Waals surface area contributed by atoms with Gasteiger partial charge in [0, 0.05) is 24.8 Å². The molecule has 1 saturated carbocycles. The largest absolute Gasteiger partial charge is 0.481 e. The summed E-state index contributed by atoms with van der Waals surface area (Å²) >= 11 is 0. The van der Waals surface area contributed by atoms with Crippen molar-refractivity contribution < 1.29 is 32.3 Å². The second kappa shape index (κ2) is 14.5. The first-order valence-corrected chi connectivity index (χ1v) is 17.0. The lowest BCUT2D eigenvalue weighted by Crippen LogP contribution is -2.40. The summed E-state index contributed by atoms with van der Waals surface area (Å²) in [5, 5.41) is 12.8. The molecule has 1 heterocycles. The Balaban J connectivity index is 1.54. The Morgan fingerprint density at radius 2 is 1.73 bits per heavy atom. The number of rotatable bonds is 13. The summed E-state index contributed by atoms with van der Waals surface area (Å²) in [4.78, 5) is 41.6. The highest BCUT2D eigenvalue weighted by Crippen LogP contribution is 2.39. The van der Waals surface area contributed by atoms with E-state index in [0.29, 0.717) is 24.2 Å². The number of alkyl halides is 3. The molecule has 0 bridgehead atoms. The van der Waals surface area contributed by atoms with E-state index >= 15 is 0 Å². The average Bonchev–Trinajstić information content (AvgIpc) is 3.74. The number of hydrogen-bond donors (Lipinski definition) is 2. The lowest BCUT2D eigenvalue weighted by Gasteiger charge is -2.27. The summed E-state index contributed by atoms with van der Waals surface area (Å²) in [6.07, 6.45) is 0.590. The van der Waals surface area contributed by atoms with Crippen LogP contribution >= 0.6 is 0 Å². The molecule has 1 fully saturated rings. The molecule has 1 unspecified atom stereocenters. The minimum Gasteiger partial charge on any atom is -0.481 e. The number of carbonyl (C=O) groups is 2. The van der Waals surface area contributed by atoms with Crippen LogP contribution in [0.4, 0.5) is 17.6 Å². The lowest BCUT2D eigenvalue weighted by molar-refractivity contribution is -0.139. The normalized spacial score (nSPS) is 15.8. The van der Waals surface area contributed by atoms with Gasteiger partial charge in [0.05, 0.1) is 18.0 Å². The van der Waals surface area contributed by atoms with Gasteiger partial charge in [-0.1, -0.05) is 19.9 Å². The highest BCUT2D eigenvalue weighted by Gasteiger charge is 2.36. The van der Waals surface area contributed by atoms with Crippen molar-refractivity contribution in [1.29, 1.82) is 0 Å². The van der Waals surface area contributed by atoms with Crippen molar-refractivity contribution in [3.8, 4) is 11.1 Å². The summed E-state index contributed by atoms with van der Waals surface area (Å²) in [5.41, 5.74) is 3.85. The van der Waals surface area contributed by atoms with Crippen LogP contribution in [0.5, 0.6) is 0 Å². The second-order valence-electron chi connectivity index (χ2n) is 14.2. The summed E-state index contributed by atoms with van der Waals surface area (Å²) in [7, 11) is 1.86. The first-order valence-electron chi connectivity index (χ1n) is 17.0. The molecule has 1 amide bonds. The van der Waals surface area contributed by atoms with Crippen LogP contribution in [0.1, 0.15) is 97.0 Å². The number of hydrogen-bond acceptors (Lipinski definition) is 4. The molecule has 0 spiro atoms. The third-order valence-corrected chi connectivity index (χ3v) is 9.81. The maximum absolute atomic E-state index is 14.2. The maximum atomic E-state index is 14.2. The van der Waals surface area contributed by atoms with Gasteiger partial charge in [-0.05, 0) is 134 Å². The van der Waals surface area contributed by atoms with Gasteiger partial charge in [-0.15, -0.1) is 0 Å². The summed E-state index contributed by atoms with van der Waals surface area (Å²) < 4.78 is 57.7. The summed E-state index contributed by atoms with van der Waals surface area (Å²) in [5.74, 6) is -2.28. The van der Waals surface area contributed by atoms with Crippen molar-refractivity contribution in [3.05, 3.63) is 91.6 Å². The smallest absolute Gasteiger partial charge is 0.416 e. The first kappa shape index (κ1) is 36.3. The Labute approximate surface area is 284 Å². The number of aromatic nitrogens is 1. The fourth-order valence-electron chi connectivity index (χ4n) is 7.27. The number of carbonyl (C=O) groups excluding carboxylic acids is 1. The molecular formula is C38H45F4N3O4. The second-order valence-corrected chi connectivity index (χ2v) is 14.2. The minimum atomic E-state index is -4.75. The standard InChI is InChI=1S/C38H45F4N3O4/c1-21(2)13-33(45-20-25(11-12-44(5)28-9-10-28)31(18-34(45)46)38(40,41)42)37(49)43-32(19-35(47)48)26-16-24-7-6-8-29(24)30(17-26)36-22(3)14-27(39)15-23(36)4/h14-18,20-21,28,32-33H,6-13,19H2,1-5H3,(H,43,49)(H,47,48)/t32?,33-/m0/s1. The number of likely N-dealkylation sites (N-methyl/N-ethyl adjacent to an activating group) is 1. The van der Waals surface area contributed by atoms with Crippen LogP contribution in [-0.4, -0.2) is 46.1 Å². The van der Waals surface area contributed by atoms with E-state index in [9.17, 15) is 37.1 Å². The first-order chi connectivity index (χ1) is 23.0. The van der Waals surface area contributed by atoms with Gasteiger partial charge in [0.25, 0.3) is 5.56 Å². The molecule has 264 valence electrons. The Morgan fingerprint density at radius 3 is 2.33 bits per heavy atom. The van der Waals surface area contributed by atoms with E-state index < -0.39 is 47.7 Å². The minimum absolute atomic E-state index is 0.0416. The Bertz CT molecular complexity index is 1770. The van der Waals surface area contributed by atoms with E-state index in [0.717, 1.165) is 76.2 Å². The number of pyridine rings is 1. The molecule has 3 aromatic rings. The highest BCUT2D eigenvalue weighted by atomic mass is 19.4. The van der Waals surface area contributed by atoms with Crippen molar-refractivity contribution in [2.45, 2.75) is 103 Å². The Morgan fingerprint density at radius 1 is 1.06 bits per heavy atom. The number of fused-ring (bicyclic) bond motifs is 1. The monoisotopic (exact) mass is 683 g/mol. The van der Waals surface area contributed by atoms with Crippen molar-refractivity contribution in [2.75, 3.05) is 13.6 Å². The van der Waals surface area contributed by atoms with Gasteiger partial charge >= 0.3 is 12.1 Å². The van der Waals surface area contributed by atoms with E-state index in [4.69, 9.17) is 0 Å². The highest BCUT2D eigenvalue weighted by molar-refractivity contribution is 5.82. The molecule has 49 heavy (non-hydrogen) atoms. The quantitative estimate of drug-likeness (QED) is 0.184. The van der Waals surface area contributed by atoms with Crippen LogP contribution in [0.3, 0.4) is 0 Å². The zero-order valence-electron chi connectivity index (χ0n) is 28.7. The predicted octanol–water partition coefficient (Wildman–Crippen LogP) is 7.33. The van der Waals surface area contributed by atoms with Gasteiger partial charge in [-0.3, -0.25) is 14.4 Å². The summed E-state index contributed by atoms with van der Waals surface area (Å²) in [6.45, 7) is 7.70. The zero-order valence-corrected chi connectivity index (χ0v) is 28.7. The van der Waals surface area contributed by atoms with Gasteiger partial charge in [0.2, 0.25) is 5.91 Å². The molecule has 2 atom stereocenters. The molecule has 0 saturated heterocycles. The molecule has 2 aliphatic carbocycles. The van der Waals surface area contributed by atoms with Crippen LogP contribution in [0, 0.1) is 25.6 Å². The van der Waals surface area contributed by atoms with Gasteiger partial charge in [-0.2, -0.15) is 13.2 Å². The fourth-order valence-corrected chi connectivity index (χ4v) is 7.27. The number of carboxylic acids is 1. The number of carboxylic acid groups (broad SMARTS) is 1. The van der Waals surface area contributed by atoms with E-state index in [2.05, 4.69) is 5.32 Å². The topological polar surface area (TPSA) is 91.6 Å². The number of aryl methyl sites for hydroxylation is 3. The SMILES string of the molecule is Cc1cc(F)cc(C)c1-c1cc(C(CC(=O)O)NC(=O)[C@H](CC(C)C)n2cc(CCN(C)C3CC3)c(C(F)(F)F)cc2=O)cc2c1CCC2. The van der Waals surface area contributed by atoms with Gasteiger partial charge in [0.15, 0.2) is 0 Å². The van der Waals surface area contributed by atoms with Crippen LogP contribution in [0.2, 0.25) is 0 Å². The van der Waals surface area contributed by atoms with E-state index in [1.807, 2.05) is 51.8 Å². The Hall–Kier alpha value is -3.99.